The van der Waals surface area contributed by atoms with Gasteiger partial charge in [0.05, 0.1) is 12.7 Å². The first-order valence-corrected chi connectivity index (χ1v) is 6.41. The molecule has 0 saturated heterocycles. The standard InChI is InChI=1S/C14H14FN3O/c15-12-6-1-3-10(7-12)8-18-9-13(16-17-18)14(19)11-4-2-5-11/h1,3,6-7,9,11H,2,4-5,8H2. The molecule has 0 amide bonds. The van der Waals surface area contributed by atoms with Crippen LogP contribution in [0.3, 0.4) is 0 Å². The van der Waals surface area contributed by atoms with Gasteiger partial charge in [-0.05, 0) is 30.5 Å². The molecule has 2 aromatic rings. The first-order valence-electron chi connectivity index (χ1n) is 6.41. The Kier molecular flexibility index (Phi) is 3.11. The molecule has 1 saturated carbocycles. The van der Waals surface area contributed by atoms with Gasteiger partial charge in [0.25, 0.3) is 0 Å². The monoisotopic (exact) mass is 259 g/mol. The average Bonchev–Trinajstić information content (AvgIpc) is 2.75. The molecule has 1 aliphatic carbocycles. The van der Waals surface area contributed by atoms with E-state index in [-0.39, 0.29) is 17.5 Å². The summed E-state index contributed by atoms with van der Waals surface area (Å²) in [4.78, 5) is 12.0. The molecule has 1 aromatic heterocycles. The zero-order chi connectivity index (χ0) is 13.2. The molecule has 0 N–H and O–H groups in total. The number of hydrogen-bond donors (Lipinski definition) is 0. The Hall–Kier alpha value is -2.04. The maximum Gasteiger partial charge on any atom is 0.187 e. The van der Waals surface area contributed by atoms with Gasteiger partial charge in [0.15, 0.2) is 5.78 Å². The molecule has 1 aromatic carbocycles. The fourth-order valence-corrected chi connectivity index (χ4v) is 2.19. The lowest BCUT2D eigenvalue weighted by molar-refractivity contribution is 0.0849. The van der Waals surface area contributed by atoms with Crippen molar-refractivity contribution >= 4 is 5.78 Å². The van der Waals surface area contributed by atoms with E-state index in [1.807, 2.05) is 6.07 Å². The van der Waals surface area contributed by atoms with E-state index in [2.05, 4.69) is 10.3 Å². The molecule has 5 heteroatoms. The second-order valence-corrected chi connectivity index (χ2v) is 4.92. The number of hydrogen-bond acceptors (Lipinski definition) is 3. The van der Waals surface area contributed by atoms with E-state index in [1.165, 1.54) is 12.1 Å². The number of carbonyl (C=O) groups excluding carboxylic acids is 1. The number of benzene rings is 1. The predicted octanol–water partition coefficient (Wildman–Crippen LogP) is 2.45. The quantitative estimate of drug-likeness (QED) is 0.792. The first kappa shape index (κ1) is 12.0. The van der Waals surface area contributed by atoms with E-state index < -0.39 is 0 Å². The highest BCUT2D eigenvalue weighted by Gasteiger charge is 2.28. The highest BCUT2D eigenvalue weighted by molar-refractivity contribution is 5.96. The Morgan fingerprint density at radius 2 is 2.26 bits per heavy atom. The van der Waals surface area contributed by atoms with Crippen molar-refractivity contribution in [2.75, 3.05) is 0 Å². The minimum atomic E-state index is -0.275. The third-order valence-electron chi connectivity index (χ3n) is 3.50. The normalized spacial score (nSPS) is 15.2. The number of nitrogens with zero attached hydrogens (tertiary/aromatic N) is 3. The van der Waals surface area contributed by atoms with E-state index >= 15 is 0 Å². The van der Waals surface area contributed by atoms with E-state index in [4.69, 9.17) is 0 Å². The largest absolute Gasteiger partial charge is 0.292 e. The van der Waals surface area contributed by atoms with Crippen LogP contribution in [0.2, 0.25) is 0 Å². The lowest BCUT2D eigenvalue weighted by Crippen LogP contribution is -2.22. The predicted molar refractivity (Wildman–Crippen MR) is 67.2 cm³/mol. The van der Waals surface area contributed by atoms with Gasteiger partial charge in [-0.1, -0.05) is 23.8 Å². The van der Waals surface area contributed by atoms with Gasteiger partial charge in [-0.2, -0.15) is 0 Å². The van der Waals surface area contributed by atoms with Gasteiger partial charge in [-0.15, -0.1) is 5.10 Å². The van der Waals surface area contributed by atoms with Crippen LogP contribution in [0.4, 0.5) is 4.39 Å². The molecule has 0 radical (unpaired) electrons. The summed E-state index contributed by atoms with van der Waals surface area (Å²) < 4.78 is 14.6. The molecule has 98 valence electrons. The lowest BCUT2D eigenvalue weighted by Gasteiger charge is -2.22. The lowest BCUT2D eigenvalue weighted by atomic mass is 9.81. The highest BCUT2D eigenvalue weighted by atomic mass is 19.1. The van der Waals surface area contributed by atoms with E-state index in [1.54, 1.807) is 16.9 Å². The Balaban J connectivity index is 1.72. The summed E-state index contributed by atoms with van der Waals surface area (Å²) in [7, 11) is 0. The zero-order valence-corrected chi connectivity index (χ0v) is 10.4. The van der Waals surface area contributed by atoms with Crippen LogP contribution in [0.5, 0.6) is 0 Å². The molecule has 4 nitrogen and oxygen atoms in total. The summed E-state index contributed by atoms with van der Waals surface area (Å²) in [5.41, 5.74) is 1.22. The minimum Gasteiger partial charge on any atom is -0.292 e. The van der Waals surface area contributed by atoms with Crippen molar-refractivity contribution in [2.24, 2.45) is 5.92 Å². The Morgan fingerprint density at radius 3 is 2.95 bits per heavy atom. The molecule has 1 aliphatic rings. The molecule has 19 heavy (non-hydrogen) atoms. The summed E-state index contributed by atoms with van der Waals surface area (Å²) >= 11 is 0. The fourth-order valence-electron chi connectivity index (χ4n) is 2.19. The molecule has 0 spiro atoms. The molecular weight excluding hydrogens is 245 g/mol. The summed E-state index contributed by atoms with van der Waals surface area (Å²) in [6, 6.07) is 6.33. The van der Waals surface area contributed by atoms with Crippen molar-refractivity contribution in [3.05, 3.63) is 47.5 Å². The number of carbonyl (C=O) groups is 1. The van der Waals surface area contributed by atoms with Crippen molar-refractivity contribution in [1.29, 1.82) is 0 Å². The molecule has 1 heterocycles. The Morgan fingerprint density at radius 1 is 1.42 bits per heavy atom. The molecule has 0 unspecified atom stereocenters. The van der Waals surface area contributed by atoms with E-state index in [0.29, 0.717) is 12.2 Å². The van der Waals surface area contributed by atoms with Crippen LogP contribution in [0, 0.1) is 11.7 Å². The zero-order valence-electron chi connectivity index (χ0n) is 10.4. The summed E-state index contributed by atoms with van der Waals surface area (Å²) in [6.07, 6.45) is 4.67. The molecular formula is C14H14FN3O. The van der Waals surface area contributed by atoms with E-state index in [0.717, 1.165) is 24.8 Å². The van der Waals surface area contributed by atoms with Crippen LogP contribution in [0.15, 0.2) is 30.5 Å². The second kappa shape index (κ2) is 4.91. The van der Waals surface area contributed by atoms with Gasteiger partial charge in [-0.25, -0.2) is 9.07 Å². The molecule has 0 aliphatic heterocycles. The van der Waals surface area contributed by atoms with Crippen molar-refractivity contribution in [2.45, 2.75) is 25.8 Å². The highest BCUT2D eigenvalue weighted by Crippen LogP contribution is 2.29. The molecule has 3 rings (SSSR count). The third-order valence-corrected chi connectivity index (χ3v) is 3.50. The molecule has 0 bridgehead atoms. The van der Waals surface area contributed by atoms with Crippen LogP contribution >= 0.6 is 0 Å². The summed E-state index contributed by atoms with van der Waals surface area (Å²) in [5, 5.41) is 7.83. The maximum absolute atomic E-state index is 13.1. The van der Waals surface area contributed by atoms with Crippen LogP contribution in [-0.4, -0.2) is 20.8 Å². The summed E-state index contributed by atoms with van der Waals surface area (Å²) in [5.74, 6) is -0.0700. The number of rotatable bonds is 4. The van der Waals surface area contributed by atoms with Crippen molar-refractivity contribution in [1.82, 2.24) is 15.0 Å². The van der Waals surface area contributed by atoms with Crippen LogP contribution in [-0.2, 0) is 6.54 Å². The maximum atomic E-state index is 13.1. The van der Waals surface area contributed by atoms with Crippen LogP contribution in [0.1, 0.15) is 35.3 Å². The van der Waals surface area contributed by atoms with Gasteiger partial charge in [0.1, 0.15) is 11.5 Å². The van der Waals surface area contributed by atoms with Crippen LogP contribution in [0.25, 0.3) is 0 Å². The Bertz CT molecular complexity index is 604. The minimum absolute atomic E-state index is 0.0803. The van der Waals surface area contributed by atoms with Crippen molar-refractivity contribution in [3.63, 3.8) is 0 Å². The van der Waals surface area contributed by atoms with Crippen molar-refractivity contribution in [3.8, 4) is 0 Å². The van der Waals surface area contributed by atoms with Gasteiger partial charge < -0.3 is 0 Å². The first-order chi connectivity index (χ1) is 9.22. The fraction of sp³-hybridized carbons (Fsp3) is 0.357. The Labute approximate surface area is 110 Å². The smallest absolute Gasteiger partial charge is 0.187 e. The van der Waals surface area contributed by atoms with Gasteiger partial charge in [0.2, 0.25) is 0 Å². The SMILES string of the molecule is O=C(c1cn(Cc2cccc(F)c2)nn1)C1CCC1. The number of halogens is 1. The second-order valence-electron chi connectivity index (χ2n) is 4.92. The van der Waals surface area contributed by atoms with Crippen LogP contribution < -0.4 is 0 Å². The van der Waals surface area contributed by atoms with Crippen molar-refractivity contribution < 1.29 is 9.18 Å². The van der Waals surface area contributed by atoms with Gasteiger partial charge in [-0.3, -0.25) is 4.79 Å². The third kappa shape index (κ3) is 2.54. The molecule has 0 atom stereocenters. The number of ketones is 1. The number of aromatic nitrogens is 3. The number of Topliss-reactive ketones (excluding diaryl/α,β-unsaturated/α-hetero) is 1. The average molecular weight is 259 g/mol. The van der Waals surface area contributed by atoms with Gasteiger partial charge >= 0.3 is 0 Å². The molecule has 1 fully saturated rings. The van der Waals surface area contributed by atoms with E-state index in [9.17, 15) is 9.18 Å². The van der Waals surface area contributed by atoms with Gasteiger partial charge in [0, 0.05) is 5.92 Å². The topological polar surface area (TPSA) is 47.8 Å². The summed E-state index contributed by atoms with van der Waals surface area (Å²) in [6.45, 7) is 0.419.